The highest BCUT2D eigenvalue weighted by atomic mass is 32.2. The second-order valence-corrected chi connectivity index (χ2v) is 14.3. The fourth-order valence-electron chi connectivity index (χ4n) is 7.66. The third-order valence-corrected chi connectivity index (χ3v) is 11.7. The monoisotopic (exact) mass is 631 g/mol. The number of fused-ring (bicyclic) bond motifs is 1. The van der Waals surface area contributed by atoms with Gasteiger partial charge in [0.2, 0.25) is 11.8 Å². The van der Waals surface area contributed by atoms with Crippen LogP contribution in [-0.4, -0.2) is 76.6 Å². The lowest BCUT2D eigenvalue weighted by molar-refractivity contribution is -0.139. The Balaban J connectivity index is 1.55. The number of hydrogen-bond acceptors (Lipinski definition) is 6. The van der Waals surface area contributed by atoms with Crippen molar-refractivity contribution in [2.45, 2.75) is 61.0 Å². The topological polar surface area (TPSA) is 90.4 Å². The van der Waals surface area contributed by atoms with E-state index in [1.807, 2.05) is 54.6 Å². The molecule has 5 atom stereocenters. The number of ether oxygens (including phenoxy) is 1. The Hall–Kier alpha value is -3.56. The molecule has 9 heteroatoms. The maximum absolute atomic E-state index is 14.8. The van der Waals surface area contributed by atoms with Crippen LogP contribution in [0.4, 0.5) is 11.4 Å². The highest BCUT2D eigenvalue weighted by Crippen LogP contribution is 2.71. The molecule has 3 aliphatic rings. The van der Waals surface area contributed by atoms with Gasteiger partial charge in [0.15, 0.2) is 0 Å². The summed E-state index contributed by atoms with van der Waals surface area (Å²) in [6.07, 6.45) is 7.95. The number of hydrogen-bond donors (Lipinski definition) is 1. The Labute approximate surface area is 271 Å². The number of thioether (sulfide) groups is 1. The van der Waals surface area contributed by atoms with Gasteiger partial charge in [0.25, 0.3) is 5.91 Å². The van der Waals surface area contributed by atoms with Crippen molar-refractivity contribution >= 4 is 40.9 Å². The van der Waals surface area contributed by atoms with Gasteiger partial charge in [-0.2, -0.15) is 0 Å². The fraction of sp³-hybridized carbons (Fsp3) is 0.472. The van der Waals surface area contributed by atoms with Crippen LogP contribution in [0.25, 0.3) is 0 Å². The fourth-order valence-corrected chi connectivity index (χ4v) is 10.0. The van der Waals surface area contributed by atoms with Crippen LogP contribution in [0.1, 0.15) is 45.4 Å². The minimum atomic E-state index is -0.725. The first-order chi connectivity index (χ1) is 21.8. The Kier molecular flexibility index (Phi) is 10.1. The summed E-state index contributed by atoms with van der Waals surface area (Å²) < 4.78 is 4.13. The van der Waals surface area contributed by atoms with Gasteiger partial charge in [-0.3, -0.25) is 14.4 Å². The number of anilines is 2. The Bertz CT molecular complexity index is 1400. The van der Waals surface area contributed by atoms with Crippen LogP contribution in [0.3, 0.4) is 0 Å². The van der Waals surface area contributed by atoms with Crippen molar-refractivity contribution in [3.8, 4) is 5.75 Å². The maximum Gasteiger partial charge on any atom is 0.251 e. The standard InChI is InChI=1S/C36H45N3O5S/c1-5-22-37(26-14-10-9-11-15-26)32(41)29-30-33(42)39(24-12-7-8-13-25-40)31(36(30)21-20-35(29,3)45-36)34(43)38(23-6-2)27-16-18-28(44-4)19-17-27/h5-6,9-11,14-19,29-31,40H,1-2,7-8,12-13,20-25H2,3-4H3/t29-,30-,31?,35+,36?/m0/s1. The molecule has 45 heavy (non-hydrogen) atoms. The number of likely N-dealkylation sites (tertiary alicyclic amines) is 1. The minimum Gasteiger partial charge on any atom is -0.497 e. The third-order valence-electron chi connectivity index (χ3n) is 9.69. The average Bonchev–Trinajstić information content (AvgIpc) is 3.62. The summed E-state index contributed by atoms with van der Waals surface area (Å²) in [6.45, 7) is 11.1. The molecular formula is C36H45N3O5S. The summed E-state index contributed by atoms with van der Waals surface area (Å²) in [5.41, 5.74) is 1.47. The number of carbonyl (C=O) groups excluding carboxylic acids is 3. The average molecular weight is 632 g/mol. The van der Waals surface area contributed by atoms with Crippen LogP contribution in [-0.2, 0) is 14.4 Å². The number of aliphatic hydroxyl groups is 1. The minimum absolute atomic E-state index is 0.0925. The molecule has 3 heterocycles. The van der Waals surface area contributed by atoms with Crippen molar-refractivity contribution in [2.24, 2.45) is 11.8 Å². The van der Waals surface area contributed by atoms with Gasteiger partial charge >= 0.3 is 0 Å². The normalized spacial score (nSPS) is 26.4. The molecule has 3 fully saturated rings. The molecule has 3 aliphatic heterocycles. The highest BCUT2D eigenvalue weighted by Gasteiger charge is 2.77. The smallest absolute Gasteiger partial charge is 0.251 e. The first kappa shape index (κ1) is 32.8. The summed E-state index contributed by atoms with van der Waals surface area (Å²) in [5.74, 6) is -0.854. The van der Waals surface area contributed by atoms with E-state index in [0.29, 0.717) is 37.4 Å². The molecular weight excluding hydrogens is 586 g/mol. The van der Waals surface area contributed by atoms with Crippen LogP contribution in [0, 0.1) is 11.8 Å². The molecule has 2 aromatic rings. The predicted octanol–water partition coefficient (Wildman–Crippen LogP) is 5.47. The molecule has 240 valence electrons. The van der Waals surface area contributed by atoms with Crippen molar-refractivity contribution in [1.29, 1.82) is 0 Å². The van der Waals surface area contributed by atoms with E-state index >= 15 is 0 Å². The van der Waals surface area contributed by atoms with Crippen molar-refractivity contribution < 1.29 is 24.2 Å². The van der Waals surface area contributed by atoms with E-state index in [1.165, 1.54) is 0 Å². The van der Waals surface area contributed by atoms with Crippen molar-refractivity contribution in [1.82, 2.24) is 4.90 Å². The quantitative estimate of drug-likeness (QED) is 0.207. The molecule has 0 saturated carbocycles. The maximum atomic E-state index is 14.8. The lowest BCUT2D eigenvalue weighted by atomic mass is 9.66. The van der Waals surface area contributed by atoms with E-state index in [9.17, 15) is 19.5 Å². The van der Waals surface area contributed by atoms with Gasteiger partial charge < -0.3 is 24.5 Å². The number of unbranched alkanes of at least 4 members (excludes halogenated alkanes) is 3. The van der Waals surface area contributed by atoms with Crippen LogP contribution in [0.5, 0.6) is 5.75 Å². The number of benzene rings is 2. The van der Waals surface area contributed by atoms with E-state index in [1.54, 1.807) is 45.7 Å². The third kappa shape index (κ3) is 5.92. The predicted molar refractivity (Wildman–Crippen MR) is 181 cm³/mol. The summed E-state index contributed by atoms with van der Waals surface area (Å²) in [7, 11) is 1.60. The summed E-state index contributed by atoms with van der Waals surface area (Å²) in [4.78, 5) is 49.3. The zero-order chi connectivity index (χ0) is 32.2. The van der Waals surface area contributed by atoms with E-state index in [-0.39, 0.29) is 30.9 Å². The van der Waals surface area contributed by atoms with E-state index in [4.69, 9.17) is 4.74 Å². The lowest BCUT2D eigenvalue weighted by Gasteiger charge is -2.38. The lowest BCUT2D eigenvalue weighted by Crippen LogP contribution is -2.55. The molecule has 0 aliphatic carbocycles. The highest BCUT2D eigenvalue weighted by molar-refractivity contribution is 8.02. The van der Waals surface area contributed by atoms with E-state index < -0.39 is 27.4 Å². The molecule has 1 spiro atoms. The largest absolute Gasteiger partial charge is 0.497 e. The number of nitrogens with zero attached hydrogens (tertiary/aromatic N) is 3. The molecule has 3 amide bonds. The van der Waals surface area contributed by atoms with Crippen LogP contribution in [0.2, 0.25) is 0 Å². The molecule has 2 unspecified atom stereocenters. The second-order valence-electron chi connectivity index (χ2n) is 12.4. The van der Waals surface area contributed by atoms with Gasteiger partial charge in [-0.15, -0.1) is 24.9 Å². The van der Waals surface area contributed by atoms with Gasteiger partial charge in [-0.1, -0.05) is 43.2 Å². The van der Waals surface area contributed by atoms with Gasteiger partial charge in [-0.05, 0) is 69.0 Å². The zero-order valence-electron chi connectivity index (χ0n) is 26.4. The summed E-state index contributed by atoms with van der Waals surface area (Å²) in [6, 6.07) is 16.2. The van der Waals surface area contributed by atoms with Crippen LogP contribution in [0.15, 0.2) is 79.9 Å². The van der Waals surface area contributed by atoms with Crippen molar-refractivity contribution in [2.75, 3.05) is 43.2 Å². The van der Waals surface area contributed by atoms with E-state index in [2.05, 4.69) is 20.1 Å². The number of amides is 3. The first-order valence-corrected chi connectivity index (χ1v) is 16.7. The van der Waals surface area contributed by atoms with Crippen molar-refractivity contribution in [3.05, 3.63) is 79.9 Å². The zero-order valence-corrected chi connectivity index (χ0v) is 27.2. The molecule has 5 rings (SSSR count). The van der Waals surface area contributed by atoms with Crippen LogP contribution >= 0.6 is 11.8 Å². The molecule has 2 bridgehead atoms. The number of aliphatic hydroxyl groups excluding tert-OH is 1. The number of methoxy groups -OCH3 is 1. The number of carbonyl (C=O) groups is 3. The van der Waals surface area contributed by atoms with Crippen molar-refractivity contribution in [3.63, 3.8) is 0 Å². The van der Waals surface area contributed by atoms with E-state index in [0.717, 1.165) is 31.4 Å². The Morgan fingerprint density at radius 2 is 1.58 bits per heavy atom. The van der Waals surface area contributed by atoms with Gasteiger partial charge in [0, 0.05) is 42.4 Å². The molecule has 0 aromatic heterocycles. The number of rotatable bonds is 15. The van der Waals surface area contributed by atoms with Crippen LogP contribution < -0.4 is 14.5 Å². The van der Waals surface area contributed by atoms with Gasteiger partial charge in [0.05, 0.1) is 23.7 Å². The molecule has 8 nitrogen and oxygen atoms in total. The molecule has 3 saturated heterocycles. The SMILES string of the molecule is C=CCN(C(=O)C1N(CCCCCCO)C(=O)[C@@H]2[C@@H](C(=O)N(CC=C)c3ccccc3)[C@@]3(C)CCC12S3)c1ccc(OC)cc1. The second kappa shape index (κ2) is 13.8. The molecule has 0 radical (unpaired) electrons. The summed E-state index contributed by atoms with van der Waals surface area (Å²) in [5, 5.41) is 9.26. The molecule has 2 aromatic carbocycles. The summed E-state index contributed by atoms with van der Waals surface area (Å²) >= 11 is 1.68. The Morgan fingerprint density at radius 3 is 2.20 bits per heavy atom. The van der Waals surface area contributed by atoms with Gasteiger partial charge in [-0.25, -0.2) is 0 Å². The number of para-hydroxylation sites is 1. The first-order valence-electron chi connectivity index (χ1n) is 15.9. The Morgan fingerprint density at radius 1 is 0.956 bits per heavy atom. The molecule has 1 N–H and O–H groups in total. The van der Waals surface area contributed by atoms with Gasteiger partial charge in [0.1, 0.15) is 11.8 Å².